The van der Waals surface area contributed by atoms with Gasteiger partial charge in [0.1, 0.15) is 5.82 Å². The lowest BCUT2D eigenvalue weighted by atomic mass is 9.80. The molecule has 0 radical (unpaired) electrons. The van der Waals surface area contributed by atoms with Crippen LogP contribution in [0.1, 0.15) is 38.7 Å². The number of rotatable bonds is 3. The van der Waals surface area contributed by atoms with Crippen LogP contribution in [-0.2, 0) is 6.54 Å². The minimum atomic E-state index is -0.189. The Morgan fingerprint density at radius 2 is 2.11 bits per heavy atom. The van der Waals surface area contributed by atoms with E-state index >= 15 is 0 Å². The van der Waals surface area contributed by atoms with E-state index in [-0.39, 0.29) is 5.82 Å². The molecule has 0 aromatic heterocycles. The first kappa shape index (κ1) is 14.0. The molecule has 0 bridgehead atoms. The van der Waals surface area contributed by atoms with Crippen LogP contribution in [0.2, 0.25) is 0 Å². The quantitative estimate of drug-likeness (QED) is 0.866. The van der Waals surface area contributed by atoms with E-state index in [4.69, 9.17) is 0 Å². The third-order valence-electron chi connectivity index (χ3n) is 4.00. The lowest BCUT2D eigenvalue weighted by molar-refractivity contribution is 0.227. The standard InChI is InChI=1S/C15H21BrFN/c1-10-3-6-15(11(2)7-10)18-9-12-4-5-13(17)8-14(12)16/h4-5,8,10-11,15,18H,3,6-7,9H2,1-2H3. The van der Waals surface area contributed by atoms with Crippen LogP contribution in [0.4, 0.5) is 4.39 Å². The van der Waals surface area contributed by atoms with E-state index in [1.807, 2.05) is 6.07 Å². The molecule has 2 rings (SSSR count). The van der Waals surface area contributed by atoms with Crippen molar-refractivity contribution in [3.63, 3.8) is 0 Å². The SMILES string of the molecule is CC1CCC(NCc2ccc(F)cc2Br)C(C)C1. The van der Waals surface area contributed by atoms with Crippen molar-refractivity contribution in [1.29, 1.82) is 0 Å². The van der Waals surface area contributed by atoms with E-state index < -0.39 is 0 Å². The molecule has 0 heterocycles. The van der Waals surface area contributed by atoms with Crippen LogP contribution in [-0.4, -0.2) is 6.04 Å². The summed E-state index contributed by atoms with van der Waals surface area (Å²) in [4.78, 5) is 0. The van der Waals surface area contributed by atoms with E-state index in [0.29, 0.717) is 6.04 Å². The van der Waals surface area contributed by atoms with E-state index in [2.05, 4.69) is 35.1 Å². The molecule has 0 saturated heterocycles. The summed E-state index contributed by atoms with van der Waals surface area (Å²) >= 11 is 3.42. The highest BCUT2D eigenvalue weighted by Gasteiger charge is 2.24. The Kier molecular flexibility index (Phi) is 4.79. The zero-order valence-corrected chi connectivity index (χ0v) is 12.6. The predicted octanol–water partition coefficient (Wildman–Crippen LogP) is 4.50. The van der Waals surface area contributed by atoms with Gasteiger partial charge in [0.05, 0.1) is 0 Å². The van der Waals surface area contributed by atoms with Gasteiger partial charge in [-0.1, -0.05) is 35.8 Å². The third kappa shape index (κ3) is 3.55. The van der Waals surface area contributed by atoms with Crippen LogP contribution >= 0.6 is 15.9 Å². The highest BCUT2D eigenvalue weighted by atomic mass is 79.9. The molecule has 1 aliphatic carbocycles. The van der Waals surface area contributed by atoms with Gasteiger partial charge >= 0.3 is 0 Å². The topological polar surface area (TPSA) is 12.0 Å². The van der Waals surface area contributed by atoms with Gasteiger partial charge in [-0.05, 0) is 48.8 Å². The Morgan fingerprint density at radius 3 is 2.78 bits per heavy atom. The molecule has 3 unspecified atom stereocenters. The lowest BCUT2D eigenvalue weighted by Gasteiger charge is -2.33. The zero-order valence-electron chi connectivity index (χ0n) is 11.0. The monoisotopic (exact) mass is 313 g/mol. The molecule has 3 heteroatoms. The fourth-order valence-corrected chi connectivity index (χ4v) is 3.37. The second-order valence-electron chi connectivity index (χ2n) is 5.62. The minimum Gasteiger partial charge on any atom is -0.310 e. The van der Waals surface area contributed by atoms with Crippen LogP contribution in [0, 0.1) is 17.7 Å². The number of halogens is 2. The molecule has 1 nitrogen and oxygen atoms in total. The summed E-state index contributed by atoms with van der Waals surface area (Å²) in [6, 6.07) is 5.50. The van der Waals surface area contributed by atoms with Crippen LogP contribution in [0.3, 0.4) is 0 Å². The molecule has 1 aromatic rings. The van der Waals surface area contributed by atoms with Crippen LogP contribution in [0.15, 0.2) is 22.7 Å². The summed E-state index contributed by atoms with van der Waals surface area (Å²) in [5.74, 6) is 1.40. The summed E-state index contributed by atoms with van der Waals surface area (Å²) in [7, 11) is 0. The predicted molar refractivity (Wildman–Crippen MR) is 76.9 cm³/mol. The Balaban J connectivity index is 1.91. The van der Waals surface area contributed by atoms with Gasteiger partial charge in [0.15, 0.2) is 0 Å². The van der Waals surface area contributed by atoms with Gasteiger partial charge in [-0.3, -0.25) is 0 Å². The van der Waals surface area contributed by atoms with Crippen molar-refractivity contribution < 1.29 is 4.39 Å². The molecule has 1 saturated carbocycles. The van der Waals surface area contributed by atoms with Crippen molar-refractivity contribution in [3.8, 4) is 0 Å². The number of hydrogen-bond donors (Lipinski definition) is 1. The number of hydrogen-bond acceptors (Lipinski definition) is 1. The average Bonchev–Trinajstić information content (AvgIpc) is 2.30. The van der Waals surface area contributed by atoms with Gasteiger partial charge in [-0.25, -0.2) is 4.39 Å². The van der Waals surface area contributed by atoms with Gasteiger partial charge in [-0.2, -0.15) is 0 Å². The summed E-state index contributed by atoms with van der Waals surface area (Å²) in [5, 5.41) is 3.62. The second kappa shape index (κ2) is 6.16. The van der Waals surface area contributed by atoms with E-state index in [9.17, 15) is 4.39 Å². The smallest absolute Gasteiger partial charge is 0.124 e. The minimum absolute atomic E-state index is 0.189. The van der Waals surface area contributed by atoms with E-state index in [1.54, 1.807) is 0 Å². The maximum Gasteiger partial charge on any atom is 0.124 e. The van der Waals surface area contributed by atoms with Gasteiger partial charge in [0.2, 0.25) is 0 Å². The van der Waals surface area contributed by atoms with Gasteiger partial charge < -0.3 is 5.32 Å². The Labute approximate surface area is 117 Å². The first-order chi connectivity index (χ1) is 8.56. The highest BCUT2D eigenvalue weighted by Crippen LogP contribution is 2.29. The Bertz CT molecular complexity index is 407. The van der Waals surface area contributed by atoms with Crippen LogP contribution in [0.25, 0.3) is 0 Å². The van der Waals surface area contributed by atoms with Crippen LogP contribution < -0.4 is 5.32 Å². The molecule has 18 heavy (non-hydrogen) atoms. The van der Waals surface area contributed by atoms with E-state index in [0.717, 1.165) is 28.4 Å². The largest absolute Gasteiger partial charge is 0.310 e. The Hall–Kier alpha value is -0.410. The summed E-state index contributed by atoms with van der Waals surface area (Å²) < 4.78 is 13.9. The highest BCUT2D eigenvalue weighted by molar-refractivity contribution is 9.10. The lowest BCUT2D eigenvalue weighted by Crippen LogP contribution is -2.38. The fraction of sp³-hybridized carbons (Fsp3) is 0.600. The molecule has 100 valence electrons. The van der Waals surface area contributed by atoms with Crippen molar-refractivity contribution >= 4 is 15.9 Å². The van der Waals surface area contributed by atoms with Gasteiger partial charge in [-0.15, -0.1) is 0 Å². The average molecular weight is 314 g/mol. The van der Waals surface area contributed by atoms with Crippen molar-refractivity contribution in [2.75, 3.05) is 0 Å². The second-order valence-corrected chi connectivity index (χ2v) is 6.47. The molecular formula is C15H21BrFN. The molecule has 1 aliphatic rings. The molecule has 1 aromatic carbocycles. The fourth-order valence-electron chi connectivity index (χ4n) is 2.87. The summed E-state index contributed by atoms with van der Waals surface area (Å²) in [5.41, 5.74) is 1.13. The Morgan fingerprint density at radius 1 is 1.33 bits per heavy atom. The molecule has 0 aliphatic heterocycles. The van der Waals surface area contributed by atoms with Gasteiger partial charge in [0, 0.05) is 17.1 Å². The maximum atomic E-state index is 13.0. The molecule has 3 atom stereocenters. The first-order valence-electron chi connectivity index (χ1n) is 6.73. The summed E-state index contributed by atoms with van der Waals surface area (Å²) in [6.45, 7) is 5.47. The third-order valence-corrected chi connectivity index (χ3v) is 4.74. The van der Waals surface area contributed by atoms with Crippen LogP contribution in [0.5, 0.6) is 0 Å². The van der Waals surface area contributed by atoms with Crippen molar-refractivity contribution in [2.45, 2.75) is 45.7 Å². The normalized spacial score (nSPS) is 28.3. The first-order valence-corrected chi connectivity index (χ1v) is 7.53. The van der Waals surface area contributed by atoms with Gasteiger partial charge in [0.25, 0.3) is 0 Å². The van der Waals surface area contributed by atoms with Crippen molar-refractivity contribution in [3.05, 3.63) is 34.1 Å². The molecular weight excluding hydrogens is 293 g/mol. The van der Waals surface area contributed by atoms with Crippen molar-refractivity contribution in [2.24, 2.45) is 11.8 Å². The van der Waals surface area contributed by atoms with E-state index in [1.165, 1.54) is 31.4 Å². The maximum absolute atomic E-state index is 13.0. The molecule has 0 spiro atoms. The van der Waals surface area contributed by atoms with Crippen molar-refractivity contribution in [1.82, 2.24) is 5.32 Å². The molecule has 1 N–H and O–H groups in total. The molecule has 1 fully saturated rings. The number of nitrogens with one attached hydrogen (secondary N) is 1. The summed E-state index contributed by atoms with van der Waals surface area (Å²) in [6.07, 6.45) is 3.87. The zero-order chi connectivity index (χ0) is 13.1. The number of benzene rings is 1. The molecule has 0 amide bonds.